The topological polar surface area (TPSA) is 49.4 Å². The standard InChI is InChI=1S/C16H26N2O2S/c1-14-8-12-18(13-9-14)11-5-10-17-21(19,20)16-7-4-3-6-15(16)2/h3-4,6-7,14,17H,5,8-13H2,1-2H3. The number of benzene rings is 1. The molecule has 0 aromatic heterocycles. The van der Waals surface area contributed by atoms with E-state index >= 15 is 0 Å². The van der Waals surface area contributed by atoms with Crippen LogP contribution in [-0.4, -0.2) is 39.5 Å². The molecule has 4 nitrogen and oxygen atoms in total. The molecule has 21 heavy (non-hydrogen) atoms. The van der Waals surface area contributed by atoms with Crippen molar-refractivity contribution >= 4 is 10.0 Å². The molecule has 1 aliphatic heterocycles. The highest BCUT2D eigenvalue weighted by atomic mass is 32.2. The molecule has 0 unspecified atom stereocenters. The quantitative estimate of drug-likeness (QED) is 0.821. The Morgan fingerprint density at radius 2 is 1.90 bits per heavy atom. The van der Waals surface area contributed by atoms with E-state index in [2.05, 4.69) is 16.5 Å². The van der Waals surface area contributed by atoms with Crippen molar-refractivity contribution in [1.82, 2.24) is 9.62 Å². The van der Waals surface area contributed by atoms with E-state index in [1.54, 1.807) is 12.1 Å². The summed E-state index contributed by atoms with van der Waals surface area (Å²) in [4.78, 5) is 2.82. The van der Waals surface area contributed by atoms with Gasteiger partial charge in [-0.3, -0.25) is 0 Å². The summed E-state index contributed by atoms with van der Waals surface area (Å²) in [7, 11) is -3.37. The number of nitrogens with zero attached hydrogens (tertiary/aromatic N) is 1. The fourth-order valence-corrected chi connectivity index (χ4v) is 4.05. The molecule has 0 radical (unpaired) electrons. The van der Waals surface area contributed by atoms with Crippen molar-refractivity contribution in [2.45, 2.75) is 38.0 Å². The molecule has 1 N–H and O–H groups in total. The van der Waals surface area contributed by atoms with Crippen LogP contribution in [0.5, 0.6) is 0 Å². The van der Waals surface area contributed by atoms with Gasteiger partial charge in [0, 0.05) is 6.54 Å². The van der Waals surface area contributed by atoms with Gasteiger partial charge in [0.25, 0.3) is 0 Å². The van der Waals surface area contributed by atoms with Crippen LogP contribution >= 0.6 is 0 Å². The van der Waals surface area contributed by atoms with Crippen molar-refractivity contribution in [3.63, 3.8) is 0 Å². The predicted octanol–water partition coefficient (Wildman–Crippen LogP) is 2.40. The van der Waals surface area contributed by atoms with Crippen LogP contribution in [0, 0.1) is 12.8 Å². The van der Waals surface area contributed by atoms with E-state index in [0.29, 0.717) is 11.4 Å². The van der Waals surface area contributed by atoms with E-state index in [9.17, 15) is 8.42 Å². The van der Waals surface area contributed by atoms with Gasteiger partial charge in [-0.2, -0.15) is 0 Å². The van der Waals surface area contributed by atoms with Gasteiger partial charge in [-0.1, -0.05) is 25.1 Å². The molecule has 0 saturated carbocycles. The lowest BCUT2D eigenvalue weighted by atomic mass is 9.99. The number of piperidine rings is 1. The minimum Gasteiger partial charge on any atom is -0.303 e. The largest absolute Gasteiger partial charge is 0.303 e. The van der Waals surface area contributed by atoms with Crippen molar-refractivity contribution in [2.75, 3.05) is 26.2 Å². The molecule has 0 aliphatic carbocycles. The Bertz CT molecular complexity index is 549. The van der Waals surface area contributed by atoms with Gasteiger partial charge in [0.1, 0.15) is 0 Å². The van der Waals surface area contributed by atoms with Gasteiger partial charge in [0.2, 0.25) is 10.0 Å². The van der Waals surface area contributed by atoms with Crippen molar-refractivity contribution in [1.29, 1.82) is 0 Å². The summed E-state index contributed by atoms with van der Waals surface area (Å²) in [6.45, 7) is 7.89. The molecule has 118 valence electrons. The van der Waals surface area contributed by atoms with Crippen LogP contribution in [0.4, 0.5) is 0 Å². The Morgan fingerprint density at radius 3 is 2.57 bits per heavy atom. The van der Waals surface area contributed by atoms with Crippen molar-refractivity contribution < 1.29 is 8.42 Å². The van der Waals surface area contributed by atoms with Crippen LogP contribution in [0.15, 0.2) is 29.2 Å². The number of sulfonamides is 1. The van der Waals surface area contributed by atoms with Gasteiger partial charge in [0.15, 0.2) is 0 Å². The molecule has 0 bridgehead atoms. The van der Waals surface area contributed by atoms with Gasteiger partial charge in [0.05, 0.1) is 4.90 Å². The van der Waals surface area contributed by atoms with Gasteiger partial charge in [-0.25, -0.2) is 13.1 Å². The van der Waals surface area contributed by atoms with Crippen LogP contribution < -0.4 is 4.72 Å². The smallest absolute Gasteiger partial charge is 0.240 e. The van der Waals surface area contributed by atoms with Crippen LogP contribution in [-0.2, 0) is 10.0 Å². The van der Waals surface area contributed by atoms with E-state index in [0.717, 1.165) is 37.5 Å². The number of hydrogen-bond acceptors (Lipinski definition) is 3. The zero-order valence-corrected chi connectivity index (χ0v) is 13.8. The van der Waals surface area contributed by atoms with Gasteiger partial charge >= 0.3 is 0 Å². The van der Waals surface area contributed by atoms with E-state index in [-0.39, 0.29) is 0 Å². The van der Waals surface area contributed by atoms with Crippen molar-refractivity contribution in [3.8, 4) is 0 Å². The molecule has 0 atom stereocenters. The highest BCUT2D eigenvalue weighted by Gasteiger charge is 2.17. The summed E-state index contributed by atoms with van der Waals surface area (Å²) in [5.74, 6) is 0.834. The van der Waals surface area contributed by atoms with E-state index in [1.807, 2.05) is 19.1 Å². The molecule has 1 aromatic carbocycles. The van der Waals surface area contributed by atoms with Crippen LogP contribution in [0.1, 0.15) is 31.7 Å². The summed E-state index contributed by atoms with van der Waals surface area (Å²) in [5, 5.41) is 0. The first-order valence-corrected chi connectivity index (χ1v) is 9.25. The third-order valence-corrected chi connectivity index (χ3v) is 5.82. The number of nitrogens with one attached hydrogen (secondary N) is 1. The molecule has 5 heteroatoms. The molecule has 1 saturated heterocycles. The van der Waals surface area contributed by atoms with E-state index in [4.69, 9.17) is 0 Å². The van der Waals surface area contributed by atoms with Gasteiger partial charge < -0.3 is 4.90 Å². The SMILES string of the molecule is Cc1ccccc1S(=O)(=O)NCCCN1CCC(C)CC1. The van der Waals surface area contributed by atoms with Crippen LogP contribution in [0.3, 0.4) is 0 Å². The van der Waals surface area contributed by atoms with Crippen LogP contribution in [0.2, 0.25) is 0 Å². The molecular weight excluding hydrogens is 284 g/mol. The number of aryl methyl sites for hydroxylation is 1. The number of likely N-dealkylation sites (tertiary alicyclic amines) is 1. The second-order valence-corrected chi connectivity index (χ2v) is 7.78. The Hall–Kier alpha value is -0.910. The number of rotatable bonds is 6. The zero-order chi connectivity index (χ0) is 15.3. The molecular formula is C16H26N2O2S. The maximum Gasteiger partial charge on any atom is 0.240 e. The Labute approximate surface area is 128 Å². The van der Waals surface area contributed by atoms with E-state index in [1.165, 1.54) is 12.8 Å². The highest BCUT2D eigenvalue weighted by Crippen LogP contribution is 2.16. The maximum atomic E-state index is 12.2. The first-order valence-electron chi connectivity index (χ1n) is 7.77. The molecule has 1 aliphatic rings. The highest BCUT2D eigenvalue weighted by molar-refractivity contribution is 7.89. The second-order valence-electron chi connectivity index (χ2n) is 6.04. The second kappa shape index (κ2) is 7.38. The molecule has 1 aromatic rings. The normalized spacial score (nSPS) is 18.0. The molecule has 2 rings (SSSR count). The first-order chi connectivity index (χ1) is 9.99. The third kappa shape index (κ3) is 4.80. The fourth-order valence-electron chi connectivity index (χ4n) is 2.73. The summed E-state index contributed by atoms with van der Waals surface area (Å²) in [5.41, 5.74) is 0.787. The Morgan fingerprint density at radius 1 is 1.24 bits per heavy atom. The minimum atomic E-state index is -3.37. The third-order valence-electron chi connectivity index (χ3n) is 4.20. The average Bonchev–Trinajstić information content (AvgIpc) is 2.46. The lowest BCUT2D eigenvalue weighted by Crippen LogP contribution is -2.35. The first kappa shape index (κ1) is 16.5. The minimum absolute atomic E-state index is 0.386. The van der Waals surface area contributed by atoms with Crippen LogP contribution in [0.25, 0.3) is 0 Å². The summed E-state index contributed by atoms with van der Waals surface area (Å²) in [6, 6.07) is 7.09. The lowest BCUT2D eigenvalue weighted by molar-refractivity contribution is 0.191. The molecule has 0 spiro atoms. The zero-order valence-electron chi connectivity index (χ0n) is 13.0. The summed E-state index contributed by atoms with van der Waals surface area (Å²) >= 11 is 0. The Kier molecular flexibility index (Phi) is 5.79. The molecule has 0 amide bonds. The Balaban J connectivity index is 1.77. The average molecular weight is 310 g/mol. The summed E-state index contributed by atoms with van der Waals surface area (Å²) < 4.78 is 27.2. The predicted molar refractivity (Wildman–Crippen MR) is 85.8 cm³/mol. The number of hydrogen-bond donors (Lipinski definition) is 1. The lowest BCUT2D eigenvalue weighted by Gasteiger charge is -2.30. The van der Waals surface area contributed by atoms with Crippen molar-refractivity contribution in [2.24, 2.45) is 5.92 Å². The molecule has 1 heterocycles. The monoisotopic (exact) mass is 310 g/mol. The molecule has 1 fully saturated rings. The summed E-state index contributed by atoms with van der Waals surface area (Å²) in [6.07, 6.45) is 3.38. The van der Waals surface area contributed by atoms with Crippen molar-refractivity contribution in [3.05, 3.63) is 29.8 Å². The van der Waals surface area contributed by atoms with Gasteiger partial charge in [-0.15, -0.1) is 0 Å². The maximum absolute atomic E-state index is 12.2. The van der Waals surface area contributed by atoms with Gasteiger partial charge in [-0.05, 0) is 63.4 Å². The van der Waals surface area contributed by atoms with E-state index < -0.39 is 10.0 Å². The fraction of sp³-hybridized carbons (Fsp3) is 0.625.